The number of alkyl halides is 2. The zero-order chi connectivity index (χ0) is 14.6. The molecule has 0 saturated heterocycles. The van der Waals surface area contributed by atoms with Gasteiger partial charge in [0.2, 0.25) is 0 Å². The number of carbonyl (C=O) groups is 1. The zero-order valence-corrected chi connectivity index (χ0v) is 11.3. The van der Waals surface area contributed by atoms with E-state index < -0.39 is 35.1 Å². The van der Waals surface area contributed by atoms with E-state index in [0.29, 0.717) is 6.07 Å². The van der Waals surface area contributed by atoms with Crippen LogP contribution < -0.4 is 0 Å². The second-order valence-electron chi connectivity index (χ2n) is 3.37. The van der Waals surface area contributed by atoms with Gasteiger partial charge in [-0.15, -0.1) is 0 Å². The fraction of sp³-hybridized carbons (Fsp3) is 0.400. The molecule has 1 aromatic rings. The number of halogens is 3. The molecule has 0 aromatic carbocycles. The first kappa shape index (κ1) is 15.4. The van der Waals surface area contributed by atoms with Crippen LogP contribution >= 0.6 is 15.9 Å². The highest BCUT2D eigenvalue weighted by atomic mass is 79.9. The molecular weight excluding hydrogens is 330 g/mol. The van der Waals surface area contributed by atoms with Gasteiger partial charge in [0.05, 0.1) is 23.6 Å². The minimum absolute atomic E-state index is 0.102. The van der Waals surface area contributed by atoms with Crippen molar-refractivity contribution >= 4 is 27.6 Å². The van der Waals surface area contributed by atoms with Crippen LogP contribution in [0.1, 0.15) is 24.7 Å². The topological polar surface area (TPSA) is 82.3 Å². The molecule has 1 aromatic heterocycles. The summed E-state index contributed by atoms with van der Waals surface area (Å²) in [5.41, 5.74) is -1.47. The largest absolute Gasteiger partial charge is 0.466 e. The second kappa shape index (κ2) is 6.50. The summed E-state index contributed by atoms with van der Waals surface area (Å²) in [5.74, 6) is -0.698. The monoisotopic (exact) mass is 338 g/mol. The number of nitro groups is 1. The van der Waals surface area contributed by atoms with E-state index in [0.717, 1.165) is 0 Å². The molecule has 0 radical (unpaired) electrons. The maximum Gasteiger partial charge on any atom is 0.311 e. The smallest absolute Gasteiger partial charge is 0.311 e. The summed E-state index contributed by atoms with van der Waals surface area (Å²) >= 11 is 2.89. The number of pyridine rings is 1. The number of aromatic nitrogens is 1. The van der Waals surface area contributed by atoms with Gasteiger partial charge in [-0.1, -0.05) is 0 Å². The van der Waals surface area contributed by atoms with Gasteiger partial charge in [0.1, 0.15) is 10.2 Å². The lowest BCUT2D eigenvalue weighted by atomic mass is 10.2. The maximum atomic E-state index is 12.6. The third kappa shape index (κ3) is 3.91. The Kier molecular flexibility index (Phi) is 5.28. The van der Waals surface area contributed by atoms with Crippen LogP contribution in [0.2, 0.25) is 0 Å². The number of hydrogen-bond acceptors (Lipinski definition) is 5. The van der Waals surface area contributed by atoms with Crippen LogP contribution in [0.3, 0.4) is 0 Å². The summed E-state index contributed by atoms with van der Waals surface area (Å²) in [5, 5.41) is 10.7. The Morgan fingerprint density at radius 2 is 2.26 bits per heavy atom. The Balaban J connectivity index is 3.21. The minimum Gasteiger partial charge on any atom is -0.466 e. The van der Waals surface area contributed by atoms with Gasteiger partial charge in [-0.3, -0.25) is 14.9 Å². The third-order valence-corrected chi connectivity index (χ3v) is 2.93. The fourth-order valence-electron chi connectivity index (χ4n) is 1.30. The molecule has 0 aliphatic heterocycles. The van der Waals surface area contributed by atoms with E-state index in [1.807, 2.05) is 0 Å². The summed E-state index contributed by atoms with van der Waals surface area (Å²) in [4.78, 5) is 24.7. The highest BCUT2D eigenvalue weighted by Gasteiger charge is 2.24. The molecular formula is C10H9BrF2N2O4. The van der Waals surface area contributed by atoms with E-state index >= 15 is 0 Å². The van der Waals surface area contributed by atoms with Crippen molar-refractivity contribution in [2.75, 3.05) is 6.61 Å². The quantitative estimate of drug-likeness (QED) is 0.468. The lowest BCUT2D eigenvalue weighted by Gasteiger charge is -2.07. The number of esters is 1. The van der Waals surface area contributed by atoms with Crippen LogP contribution in [-0.2, 0) is 16.0 Å². The molecule has 1 heterocycles. The summed E-state index contributed by atoms with van der Waals surface area (Å²) in [6, 6.07) is 0.670. The van der Waals surface area contributed by atoms with Gasteiger partial charge >= 0.3 is 5.97 Å². The van der Waals surface area contributed by atoms with Crippen molar-refractivity contribution in [2.24, 2.45) is 0 Å². The van der Waals surface area contributed by atoms with Gasteiger partial charge in [0.25, 0.3) is 12.1 Å². The van der Waals surface area contributed by atoms with Crippen molar-refractivity contribution in [1.82, 2.24) is 4.98 Å². The molecule has 0 saturated carbocycles. The average Bonchev–Trinajstić information content (AvgIpc) is 2.31. The van der Waals surface area contributed by atoms with Gasteiger partial charge in [-0.2, -0.15) is 0 Å². The molecule has 104 valence electrons. The molecule has 0 amide bonds. The fourth-order valence-corrected chi connectivity index (χ4v) is 1.79. The van der Waals surface area contributed by atoms with Crippen molar-refractivity contribution < 1.29 is 23.2 Å². The van der Waals surface area contributed by atoms with Gasteiger partial charge in [0, 0.05) is 6.07 Å². The molecule has 0 unspecified atom stereocenters. The normalized spacial score (nSPS) is 10.6. The zero-order valence-electron chi connectivity index (χ0n) is 9.73. The predicted octanol–water partition coefficient (Wildman–Crippen LogP) is 2.80. The summed E-state index contributed by atoms with van der Waals surface area (Å²) < 4.78 is 29.7. The van der Waals surface area contributed by atoms with E-state index in [2.05, 4.69) is 25.7 Å². The van der Waals surface area contributed by atoms with Crippen LogP contribution in [0.4, 0.5) is 14.5 Å². The van der Waals surface area contributed by atoms with Gasteiger partial charge in [0.15, 0.2) is 0 Å². The number of hydrogen-bond donors (Lipinski definition) is 0. The molecule has 0 N–H and O–H groups in total. The Morgan fingerprint density at radius 3 is 2.74 bits per heavy atom. The highest BCUT2D eigenvalue weighted by molar-refractivity contribution is 9.10. The Morgan fingerprint density at radius 1 is 1.63 bits per heavy atom. The van der Waals surface area contributed by atoms with Crippen molar-refractivity contribution in [3.8, 4) is 0 Å². The number of carbonyl (C=O) groups excluding carboxylic acids is 1. The van der Waals surface area contributed by atoms with Crippen LogP contribution in [-0.4, -0.2) is 22.5 Å². The third-order valence-electron chi connectivity index (χ3n) is 2.06. The van der Waals surface area contributed by atoms with Crippen LogP contribution in [0.15, 0.2) is 10.5 Å². The van der Waals surface area contributed by atoms with Crippen molar-refractivity contribution in [3.63, 3.8) is 0 Å². The van der Waals surface area contributed by atoms with E-state index in [1.54, 1.807) is 6.92 Å². The average molecular weight is 339 g/mol. The molecule has 9 heteroatoms. The van der Waals surface area contributed by atoms with Gasteiger partial charge < -0.3 is 4.74 Å². The predicted molar refractivity (Wildman–Crippen MR) is 63.9 cm³/mol. The molecule has 1 rings (SSSR count). The molecule has 19 heavy (non-hydrogen) atoms. The highest BCUT2D eigenvalue weighted by Crippen LogP contribution is 2.31. The standard InChI is InChI=1S/C10H9BrF2N2O4/c1-2-19-8(16)4-5-9(11)7(15(17)18)3-6(14-5)10(12)13/h3,10H,2,4H2,1H3. The summed E-state index contributed by atoms with van der Waals surface area (Å²) in [7, 11) is 0. The molecule has 0 bridgehead atoms. The number of nitrogens with zero attached hydrogens (tertiary/aromatic N) is 2. The number of ether oxygens (including phenoxy) is 1. The molecule has 0 fully saturated rings. The SMILES string of the molecule is CCOC(=O)Cc1nc(C(F)F)cc([N+](=O)[O-])c1Br. The minimum atomic E-state index is -2.97. The molecule has 0 atom stereocenters. The lowest BCUT2D eigenvalue weighted by molar-refractivity contribution is -0.385. The first-order valence-electron chi connectivity index (χ1n) is 5.14. The first-order valence-corrected chi connectivity index (χ1v) is 5.93. The Labute approximate surface area is 115 Å². The molecule has 6 nitrogen and oxygen atoms in total. The first-order chi connectivity index (χ1) is 8.86. The number of rotatable bonds is 5. The Bertz CT molecular complexity index is 511. The maximum absolute atomic E-state index is 12.6. The summed E-state index contributed by atoms with van der Waals surface area (Å²) in [6.07, 6.45) is -3.39. The molecule has 0 aliphatic rings. The molecule has 0 aliphatic carbocycles. The van der Waals surface area contributed by atoms with Crippen molar-refractivity contribution in [3.05, 3.63) is 32.0 Å². The van der Waals surface area contributed by atoms with Crippen LogP contribution in [0, 0.1) is 10.1 Å². The van der Waals surface area contributed by atoms with E-state index in [9.17, 15) is 23.7 Å². The van der Waals surface area contributed by atoms with Crippen LogP contribution in [0.25, 0.3) is 0 Å². The van der Waals surface area contributed by atoms with Crippen molar-refractivity contribution in [1.29, 1.82) is 0 Å². The van der Waals surface area contributed by atoms with Gasteiger partial charge in [-0.25, -0.2) is 13.8 Å². The second-order valence-corrected chi connectivity index (χ2v) is 4.16. The van der Waals surface area contributed by atoms with Gasteiger partial charge in [-0.05, 0) is 22.9 Å². The molecule has 0 spiro atoms. The lowest BCUT2D eigenvalue weighted by Crippen LogP contribution is -2.11. The van der Waals surface area contributed by atoms with E-state index in [4.69, 9.17) is 0 Å². The van der Waals surface area contributed by atoms with E-state index in [1.165, 1.54) is 0 Å². The van der Waals surface area contributed by atoms with Crippen LogP contribution in [0.5, 0.6) is 0 Å². The Hall–Kier alpha value is -1.64. The van der Waals surface area contributed by atoms with E-state index in [-0.39, 0.29) is 16.8 Å². The summed E-state index contributed by atoms with van der Waals surface area (Å²) in [6.45, 7) is 1.70. The van der Waals surface area contributed by atoms with Crippen molar-refractivity contribution in [2.45, 2.75) is 19.8 Å².